The number of nitrogens with zero attached hydrogens (tertiary/aromatic N) is 7. The maximum absolute atomic E-state index is 13.4. The lowest BCUT2D eigenvalue weighted by molar-refractivity contribution is -0.149. The van der Waals surface area contributed by atoms with Gasteiger partial charge in [-0.05, 0) is 51.4 Å². The van der Waals surface area contributed by atoms with Crippen LogP contribution >= 0.6 is 0 Å². The molecule has 1 N–H and O–H groups in total. The Morgan fingerprint density at radius 1 is 1.23 bits per heavy atom. The summed E-state index contributed by atoms with van der Waals surface area (Å²) in [5.74, 6) is 0.980. The zero-order chi connectivity index (χ0) is 26.0. The lowest BCUT2D eigenvalue weighted by Gasteiger charge is -2.36. The lowest BCUT2D eigenvalue weighted by atomic mass is 10.0. The van der Waals surface area contributed by atoms with Crippen LogP contribution in [0.1, 0.15) is 50.8 Å². The number of fused-ring (bicyclic) bond motifs is 1. The van der Waals surface area contributed by atoms with Crippen molar-refractivity contribution in [1.82, 2.24) is 29.5 Å². The number of aromatic nitrogens is 5. The predicted molar refractivity (Wildman–Crippen MR) is 128 cm³/mol. The molecule has 1 saturated heterocycles. The van der Waals surface area contributed by atoms with Gasteiger partial charge in [-0.1, -0.05) is 19.4 Å². The van der Waals surface area contributed by atoms with E-state index in [9.17, 15) is 13.2 Å². The minimum absolute atomic E-state index is 0.148. The Morgan fingerprint density at radius 2 is 1.97 bits per heavy atom. The number of aromatic amines is 1. The lowest BCUT2D eigenvalue weighted by Crippen LogP contribution is -2.42. The molecule has 0 radical (unpaired) electrons. The molecule has 1 fully saturated rings. The zero-order valence-corrected chi connectivity index (χ0v) is 20.6. The molecule has 0 bridgehead atoms. The van der Waals surface area contributed by atoms with Gasteiger partial charge in [-0.3, -0.25) is 5.10 Å². The van der Waals surface area contributed by atoms with Gasteiger partial charge in [0.2, 0.25) is 5.62 Å². The number of imidazole rings is 1. The summed E-state index contributed by atoms with van der Waals surface area (Å²) in [6.07, 6.45) is 1.52. The molecule has 8 nitrogen and oxygen atoms in total. The fourth-order valence-corrected chi connectivity index (χ4v) is 4.58. The molecule has 0 spiro atoms. The van der Waals surface area contributed by atoms with Gasteiger partial charge >= 0.3 is 6.18 Å². The fraction of sp³-hybridized carbons (Fsp3) is 0.583. The molecule has 0 aromatic carbocycles. The average Bonchev–Trinajstić information content (AvgIpc) is 3.21. The van der Waals surface area contributed by atoms with E-state index in [2.05, 4.69) is 50.0 Å². The van der Waals surface area contributed by atoms with Crippen LogP contribution in [0.2, 0.25) is 0 Å². The first kappa shape index (κ1) is 23.8. The quantitative estimate of drug-likeness (QED) is 0.547. The number of piperidine rings is 1. The van der Waals surface area contributed by atoms with Crippen molar-refractivity contribution in [3.63, 3.8) is 0 Å². The molecule has 1 atom stereocenters. The second-order valence-electron chi connectivity index (χ2n) is 9.39. The predicted octanol–water partition coefficient (Wildman–Crippen LogP) is 3.51. The van der Waals surface area contributed by atoms with Crippen molar-refractivity contribution in [2.45, 2.75) is 64.2 Å². The minimum Gasteiger partial charge on any atom is -0.356 e. The van der Waals surface area contributed by atoms with Crippen LogP contribution in [0.25, 0.3) is 5.65 Å². The van der Waals surface area contributed by atoms with Crippen LogP contribution in [0.15, 0.2) is 29.6 Å². The standard InChI is InChI=1S/C24H33F3N8/c1-5-6-20(24(25,26)27)31-23-30-15-21-28-14-19(35(21)32-23)12-17-11-16(2)22(29-13-17)34-9-7-18(8-10-34)33(3)4/h11,13-15,18,20H,5-10,12H2,1-4H3,(H,31,32)/t20-/m1/s1/i15D. The molecular formula is C24H33F3N8. The number of H-pyrrole nitrogens is 1. The second-order valence-corrected chi connectivity index (χ2v) is 9.39. The van der Waals surface area contributed by atoms with Crippen LogP contribution in [0.5, 0.6) is 0 Å². The third-order valence-corrected chi connectivity index (χ3v) is 6.51. The van der Waals surface area contributed by atoms with Crippen molar-refractivity contribution in [3.05, 3.63) is 47.1 Å². The summed E-state index contributed by atoms with van der Waals surface area (Å²) in [6.45, 7) is 5.63. The molecule has 0 aliphatic carbocycles. The van der Waals surface area contributed by atoms with Gasteiger partial charge in [0.05, 0.1) is 19.4 Å². The number of rotatable bonds is 7. The third kappa shape index (κ3) is 5.83. The Labute approximate surface area is 204 Å². The van der Waals surface area contributed by atoms with Crippen LogP contribution in [0.4, 0.5) is 19.0 Å². The number of alkyl halides is 3. The minimum atomic E-state index is -4.48. The summed E-state index contributed by atoms with van der Waals surface area (Å²) in [4.78, 5) is 21.2. The molecule has 4 rings (SSSR count). The molecule has 1 aliphatic heterocycles. The van der Waals surface area contributed by atoms with Crippen molar-refractivity contribution in [2.75, 3.05) is 32.1 Å². The molecule has 1 aliphatic rings. The van der Waals surface area contributed by atoms with Crippen molar-refractivity contribution in [3.8, 4) is 0 Å². The van der Waals surface area contributed by atoms with Gasteiger partial charge in [0.25, 0.3) is 0 Å². The van der Waals surface area contributed by atoms with Gasteiger partial charge in [0.15, 0.2) is 5.65 Å². The molecule has 3 aromatic rings. The molecule has 0 unspecified atom stereocenters. The van der Waals surface area contributed by atoms with E-state index in [1.807, 2.05) is 13.1 Å². The molecular weight excluding hydrogens is 457 g/mol. The van der Waals surface area contributed by atoms with Crippen molar-refractivity contribution >= 4 is 11.5 Å². The van der Waals surface area contributed by atoms with Gasteiger partial charge in [0, 0.05) is 31.7 Å². The van der Waals surface area contributed by atoms with E-state index in [1.165, 1.54) is 4.52 Å². The maximum Gasteiger partial charge on any atom is 0.410 e. The van der Waals surface area contributed by atoms with Gasteiger partial charge in [-0.2, -0.15) is 13.2 Å². The highest BCUT2D eigenvalue weighted by Gasteiger charge is 2.38. The fourth-order valence-electron chi connectivity index (χ4n) is 4.58. The number of nitrogens with one attached hydrogen (secondary N) is 1. The maximum atomic E-state index is 13.4. The van der Waals surface area contributed by atoms with E-state index >= 15 is 0 Å². The molecule has 0 amide bonds. The Bertz CT molecular complexity index is 1260. The number of hydrogen-bond donors (Lipinski definition) is 1. The average molecular weight is 492 g/mol. The topological polar surface area (TPSA) is 77.7 Å². The summed E-state index contributed by atoms with van der Waals surface area (Å²) in [5, 5.41) is 2.81. The van der Waals surface area contributed by atoms with Gasteiger partial charge < -0.3 is 9.80 Å². The number of anilines is 1. The van der Waals surface area contributed by atoms with Gasteiger partial charge in [-0.25, -0.2) is 24.5 Å². The molecule has 11 heteroatoms. The van der Waals surface area contributed by atoms with E-state index in [0.29, 0.717) is 24.6 Å². The first-order valence-electron chi connectivity index (χ1n) is 12.5. The molecule has 35 heavy (non-hydrogen) atoms. The van der Waals surface area contributed by atoms with Crippen molar-refractivity contribution < 1.29 is 14.5 Å². The highest BCUT2D eigenvalue weighted by atomic mass is 19.4. The van der Waals surface area contributed by atoms with E-state index in [1.54, 1.807) is 13.1 Å². The number of halogens is 3. The van der Waals surface area contributed by atoms with Crippen LogP contribution in [0.3, 0.4) is 0 Å². The summed E-state index contributed by atoms with van der Waals surface area (Å²) in [6, 6.07) is 0.792. The van der Waals surface area contributed by atoms with E-state index in [-0.39, 0.29) is 23.9 Å². The van der Waals surface area contributed by atoms with Crippen LogP contribution in [0, 0.1) is 6.92 Å². The monoisotopic (exact) mass is 491 g/mol. The zero-order valence-electron chi connectivity index (χ0n) is 21.6. The van der Waals surface area contributed by atoms with E-state index < -0.39 is 12.2 Å². The number of hydrogen-bond acceptors (Lipinski definition) is 6. The summed E-state index contributed by atoms with van der Waals surface area (Å²) >= 11 is 0. The smallest absolute Gasteiger partial charge is 0.356 e. The summed E-state index contributed by atoms with van der Waals surface area (Å²) in [7, 11) is 4.24. The van der Waals surface area contributed by atoms with Crippen LogP contribution in [-0.4, -0.2) is 74.9 Å². The normalized spacial score (nSPS) is 17.4. The van der Waals surface area contributed by atoms with Gasteiger partial charge in [-0.15, -0.1) is 0 Å². The van der Waals surface area contributed by atoms with E-state index in [4.69, 9.17) is 6.35 Å². The Morgan fingerprint density at radius 3 is 2.60 bits per heavy atom. The highest BCUT2D eigenvalue weighted by molar-refractivity contribution is 5.48. The van der Waals surface area contributed by atoms with Crippen molar-refractivity contribution in [2.24, 2.45) is 4.99 Å². The Hall–Kier alpha value is -2.95. The van der Waals surface area contributed by atoms with E-state index in [0.717, 1.165) is 42.9 Å². The third-order valence-electron chi connectivity index (χ3n) is 6.51. The second kappa shape index (κ2) is 10.3. The summed E-state index contributed by atoms with van der Waals surface area (Å²) < 4.78 is 49.7. The molecule has 4 heterocycles. The largest absolute Gasteiger partial charge is 0.410 e. The van der Waals surface area contributed by atoms with Crippen molar-refractivity contribution in [1.29, 1.82) is 0 Å². The molecule has 3 aromatic heterocycles. The first-order chi connectivity index (χ1) is 17.1. The Balaban J connectivity index is 1.58. The summed E-state index contributed by atoms with van der Waals surface area (Å²) in [5.41, 5.74) is 2.67. The number of aryl methyl sites for hydroxylation is 1. The molecule has 190 valence electrons. The first-order valence-corrected chi connectivity index (χ1v) is 12.0. The van der Waals surface area contributed by atoms with Gasteiger partial charge in [0.1, 0.15) is 11.9 Å². The highest BCUT2D eigenvalue weighted by Crippen LogP contribution is 2.26. The SMILES string of the molecule is [2H]c1nc(=N[C@H](CCC)C(F)(F)F)[nH]n2c(Cc3cnc(N4CCC(N(C)C)CC4)c(C)c3)cnc12. The number of pyridine rings is 1. The van der Waals surface area contributed by atoms with Crippen LogP contribution < -0.4 is 10.5 Å². The Kier molecular flexibility index (Phi) is 7.03. The molecule has 0 saturated carbocycles. The van der Waals surface area contributed by atoms with Crippen LogP contribution in [-0.2, 0) is 6.42 Å².